The van der Waals surface area contributed by atoms with E-state index in [0.29, 0.717) is 19.0 Å². The Hall–Kier alpha value is -1.01. The van der Waals surface area contributed by atoms with Gasteiger partial charge in [-0.25, -0.2) is 0 Å². The zero-order valence-corrected chi connectivity index (χ0v) is 7.97. The molecule has 0 bridgehead atoms. The van der Waals surface area contributed by atoms with Crippen molar-refractivity contribution in [3.63, 3.8) is 0 Å². The highest BCUT2D eigenvalue weighted by atomic mass is 16.2. The van der Waals surface area contributed by atoms with Crippen LogP contribution in [-0.2, 0) is 4.79 Å². The molecule has 72 valence electrons. The first kappa shape index (κ1) is 10.1. The Bertz CT molecular complexity index is 215. The molecule has 0 aromatic carbocycles. The Labute approximate surface area is 79.3 Å². The summed E-state index contributed by atoms with van der Waals surface area (Å²) in [4.78, 5) is 11.2. The summed E-state index contributed by atoms with van der Waals surface area (Å²) in [5.41, 5.74) is 0. The molecule has 0 aromatic heterocycles. The van der Waals surface area contributed by atoms with Crippen LogP contribution in [0.5, 0.6) is 0 Å². The molecule has 1 fully saturated rings. The molecule has 1 rings (SSSR count). The molecule has 0 heterocycles. The Kier molecular flexibility index (Phi) is 3.78. The van der Waals surface area contributed by atoms with Gasteiger partial charge in [-0.3, -0.25) is 4.79 Å². The summed E-state index contributed by atoms with van der Waals surface area (Å²) in [7, 11) is 0. The molecule has 0 aromatic rings. The average Bonchev–Trinajstić information content (AvgIpc) is 2.85. The normalized spacial score (nSPS) is 17.5. The number of rotatable bonds is 5. The van der Waals surface area contributed by atoms with Crippen molar-refractivity contribution in [2.24, 2.45) is 0 Å². The summed E-state index contributed by atoms with van der Waals surface area (Å²) in [6.07, 6.45) is 8.06. The van der Waals surface area contributed by atoms with E-state index in [-0.39, 0.29) is 11.9 Å². The van der Waals surface area contributed by atoms with E-state index >= 15 is 0 Å². The molecule has 0 radical (unpaired) electrons. The van der Waals surface area contributed by atoms with Crippen LogP contribution >= 0.6 is 0 Å². The minimum atomic E-state index is 0.0753. The third-order valence-electron chi connectivity index (χ3n) is 1.98. The number of amides is 1. The number of hydrogen-bond acceptors (Lipinski definition) is 2. The maximum absolute atomic E-state index is 11.2. The molecule has 1 amide bonds. The lowest BCUT2D eigenvalue weighted by atomic mass is 10.2. The topological polar surface area (TPSA) is 41.1 Å². The van der Waals surface area contributed by atoms with E-state index in [1.807, 2.05) is 6.92 Å². The summed E-state index contributed by atoms with van der Waals surface area (Å²) in [5, 5.41) is 5.96. The van der Waals surface area contributed by atoms with E-state index in [9.17, 15) is 4.79 Å². The predicted octanol–water partition coefficient (Wildman–Crippen LogP) is 0.266. The van der Waals surface area contributed by atoms with Crippen LogP contribution in [0.25, 0.3) is 0 Å². The second kappa shape index (κ2) is 4.88. The van der Waals surface area contributed by atoms with E-state index in [0.717, 1.165) is 12.8 Å². The lowest BCUT2D eigenvalue weighted by molar-refractivity contribution is -0.120. The van der Waals surface area contributed by atoms with E-state index < -0.39 is 0 Å². The van der Waals surface area contributed by atoms with Crippen molar-refractivity contribution in [2.75, 3.05) is 6.54 Å². The van der Waals surface area contributed by atoms with Gasteiger partial charge in [-0.05, 0) is 19.8 Å². The van der Waals surface area contributed by atoms with Gasteiger partial charge in [0.05, 0.1) is 6.54 Å². The Morgan fingerprint density at radius 2 is 2.38 bits per heavy atom. The molecule has 0 aliphatic heterocycles. The molecule has 0 spiro atoms. The summed E-state index contributed by atoms with van der Waals surface area (Å²) in [5.74, 6) is 2.63. The molecule has 1 unspecified atom stereocenters. The molecule has 3 nitrogen and oxygen atoms in total. The molecule has 2 N–H and O–H groups in total. The van der Waals surface area contributed by atoms with Gasteiger partial charge in [0.2, 0.25) is 5.91 Å². The predicted molar refractivity (Wildman–Crippen MR) is 52.1 cm³/mol. The molecular weight excluding hydrogens is 164 g/mol. The fourth-order valence-corrected chi connectivity index (χ4v) is 1.02. The van der Waals surface area contributed by atoms with Gasteiger partial charge in [-0.15, -0.1) is 12.3 Å². The molecule has 3 heteroatoms. The molecule has 0 saturated heterocycles. The zero-order valence-electron chi connectivity index (χ0n) is 7.97. The highest BCUT2D eigenvalue weighted by molar-refractivity contribution is 5.78. The summed E-state index contributed by atoms with van der Waals surface area (Å²) in [6, 6.07) is 0.659. The first-order valence-electron chi connectivity index (χ1n) is 4.68. The molecule has 1 atom stereocenters. The van der Waals surface area contributed by atoms with Gasteiger partial charge >= 0.3 is 0 Å². The van der Waals surface area contributed by atoms with Crippen molar-refractivity contribution in [2.45, 2.75) is 38.3 Å². The summed E-state index contributed by atoms with van der Waals surface area (Å²) >= 11 is 0. The molecule has 1 aliphatic carbocycles. The summed E-state index contributed by atoms with van der Waals surface area (Å²) < 4.78 is 0. The van der Waals surface area contributed by atoms with E-state index in [2.05, 4.69) is 16.6 Å². The molecular formula is C10H16N2O. The molecule has 1 saturated carbocycles. The summed E-state index contributed by atoms with van der Waals surface area (Å²) in [6.45, 7) is 2.35. The van der Waals surface area contributed by atoms with Crippen molar-refractivity contribution < 1.29 is 4.79 Å². The SMILES string of the molecule is C#CCC(C)NCC(=O)NC1CC1. The van der Waals surface area contributed by atoms with Crippen molar-refractivity contribution in [3.05, 3.63) is 0 Å². The maximum Gasteiger partial charge on any atom is 0.234 e. The Balaban J connectivity index is 2.03. The van der Waals surface area contributed by atoms with Gasteiger partial charge in [-0.2, -0.15) is 0 Å². The largest absolute Gasteiger partial charge is 0.352 e. The number of nitrogens with one attached hydrogen (secondary N) is 2. The number of carbonyl (C=O) groups is 1. The lowest BCUT2D eigenvalue weighted by Crippen LogP contribution is -2.38. The van der Waals surface area contributed by atoms with Gasteiger partial charge in [-0.1, -0.05) is 0 Å². The van der Waals surface area contributed by atoms with Gasteiger partial charge < -0.3 is 10.6 Å². The van der Waals surface area contributed by atoms with Crippen LogP contribution in [-0.4, -0.2) is 24.5 Å². The fraction of sp³-hybridized carbons (Fsp3) is 0.700. The van der Waals surface area contributed by atoms with Crippen molar-refractivity contribution in [3.8, 4) is 12.3 Å². The van der Waals surface area contributed by atoms with Gasteiger partial charge in [0.1, 0.15) is 0 Å². The van der Waals surface area contributed by atoms with Crippen LogP contribution in [0.4, 0.5) is 0 Å². The van der Waals surface area contributed by atoms with Crippen LogP contribution in [0.15, 0.2) is 0 Å². The van der Waals surface area contributed by atoms with E-state index in [1.165, 1.54) is 0 Å². The minimum Gasteiger partial charge on any atom is -0.352 e. The van der Waals surface area contributed by atoms with Crippen LogP contribution < -0.4 is 10.6 Å². The Morgan fingerprint density at radius 3 is 2.92 bits per heavy atom. The average molecular weight is 180 g/mol. The monoisotopic (exact) mass is 180 g/mol. The lowest BCUT2D eigenvalue weighted by Gasteiger charge is -2.10. The second-order valence-corrected chi connectivity index (χ2v) is 3.53. The van der Waals surface area contributed by atoms with Crippen molar-refractivity contribution >= 4 is 5.91 Å². The number of terminal acetylenes is 1. The van der Waals surface area contributed by atoms with Crippen LogP contribution in [0, 0.1) is 12.3 Å². The van der Waals surface area contributed by atoms with Crippen LogP contribution in [0.2, 0.25) is 0 Å². The second-order valence-electron chi connectivity index (χ2n) is 3.53. The number of hydrogen-bond donors (Lipinski definition) is 2. The zero-order chi connectivity index (χ0) is 9.68. The molecule has 13 heavy (non-hydrogen) atoms. The quantitative estimate of drug-likeness (QED) is 0.596. The van der Waals surface area contributed by atoms with Gasteiger partial charge in [0.15, 0.2) is 0 Å². The van der Waals surface area contributed by atoms with Gasteiger partial charge in [0.25, 0.3) is 0 Å². The number of carbonyl (C=O) groups excluding carboxylic acids is 1. The third kappa shape index (κ3) is 4.54. The maximum atomic E-state index is 11.2. The Morgan fingerprint density at radius 1 is 1.69 bits per heavy atom. The first-order chi connectivity index (χ1) is 6.22. The van der Waals surface area contributed by atoms with Crippen molar-refractivity contribution in [1.82, 2.24) is 10.6 Å². The van der Waals surface area contributed by atoms with E-state index in [1.54, 1.807) is 0 Å². The molecule has 1 aliphatic rings. The van der Waals surface area contributed by atoms with Gasteiger partial charge in [0, 0.05) is 18.5 Å². The van der Waals surface area contributed by atoms with Crippen molar-refractivity contribution in [1.29, 1.82) is 0 Å². The van der Waals surface area contributed by atoms with Crippen LogP contribution in [0.3, 0.4) is 0 Å². The standard InChI is InChI=1S/C10H16N2O/c1-3-4-8(2)11-7-10(13)12-9-5-6-9/h1,8-9,11H,4-7H2,2H3,(H,12,13). The fourth-order valence-electron chi connectivity index (χ4n) is 1.02. The highest BCUT2D eigenvalue weighted by Crippen LogP contribution is 2.18. The first-order valence-corrected chi connectivity index (χ1v) is 4.68. The highest BCUT2D eigenvalue weighted by Gasteiger charge is 2.22. The van der Waals surface area contributed by atoms with E-state index in [4.69, 9.17) is 6.42 Å². The van der Waals surface area contributed by atoms with Crippen LogP contribution in [0.1, 0.15) is 26.2 Å². The third-order valence-corrected chi connectivity index (χ3v) is 1.98. The smallest absolute Gasteiger partial charge is 0.234 e. The minimum absolute atomic E-state index is 0.0753.